The number of nitrogens with zero attached hydrogens (tertiary/aromatic N) is 1. The van der Waals surface area contributed by atoms with Gasteiger partial charge in [-0.1, -0.05) is 60.2 Å². The van der Waals surface area contributed by atoms with Crippen LogP contribution < -0.4 is 5.43 Å². The van der Waals surface area contributed by atoms with E-state index in [9.17, 15) is 4.79 Å². The Balaban J connectivity index is 1.60. The van der Waals surface area contributed by atoms with Crippen LogP contribution in [0.4, 0.5) is 0 Å². The van der Waals surface area contributed by atoms with E-state index < -0.39 is 0 Å². The normalized spacial score (nSPS) is 20.5. The first kappa shape index (κ1) is 14.5. The molecule has 0 spiro atoms. The lowest BCUT2D eigenvalue weighted by molar-refractivity contribution is -0.122. The van der Waals surface area contributed by atoms with Crippen LogP contribution in [0.3, 0.4) is 0 Å². The van der Waals surface area contributed by atoms with Gasteiger partial charge < -0.3 is 0 Å². The van der Waals surface area contributed by atoms with Crippen LogP contribution in [0, 0.1) is 12.8 Å². The van der Waals surface area contributed by atoms with Crippen molar-refractivity contribution in [1.82, 2.24) is 5.43 Å². The molecule has 1 fully saturated rings. The molecule has 2 atom stereocenters. The van der Waals surface area contributed by atoms with Crippen molar-refractivity contribution < 1.29 is 4.79 Å². The van der Waals surface area contributed by atoms with Crippen molar-refractivity contribution in [3.63, 3.8) is 0 Å². The first-order valence-electron chi connectivity index (χ1n) is 7.61. The number of hydrogen-bond acceptors (Lipinski definition) is 2. The number of aryl methyl sites for hydroxylation is 1. The zero-order valence-electron chi connectivity index (χ0n) is 12.9. The molecule has 0 heterocycles. The fourth-order valence-electron chi connectivity index (χ4n) is 2.71. The summed E-state index contributed by atoms with van der Waals surface area (Å²) >= 11 is 0. The van der Waals surface area contributed by atoms with Gasteiger partial charge in [-0.3, -0.25) is 4.79 Å². The molecule has 2 aromatic carbocycles. The summed E-state index contributed by atoms with van der Waals surface area (Å²) in [7, 11) is 0. The molecular weight excluding hydrogens is 272 g/mol. The van der Waals surface area contributed by atoms with Gasteiger partial charge in [-0.25, -0.2) is 5.43 Å². The number of amides is 1. The molecular formula is C19H20N2O. The number of carbonyl (C=O) groups is 1. The van der Waals surface area contributed by atoms with E-state index >= 15 is 0 Å². The Morgan fingerprint density at radius 1 is 1.14 bits per heavy atom. The fourth-order valence-corrected chi connectivity index (χ4v) is 2.71. The smallest absolute Gasteiger partial charge is 0.243 e. The van der Waals surface area contributed by atoms with Gasteiger partial charge in [0.05, 0.1) is 5.71 Å². The minimum Gasteiger partial charge on any atom is -0.273 e. The maximum atomic E-state index is 12.2. The summed E-state index contributed by atoms with van der Waals surface area (Å²) in [5.74, 6) is 0.410. The summed E-state index contributed by atoms with van der Waals surface area (Å²) in [6.07, 6.45) is 0.912. The van der Waals surface area contributed by atoms with Crippen LogP contribution >= 0.6 is 0 Å². The van der Waals surface area contributed by atoms with Gasteiger partial charge in [0.2, 0.25) is 5.91 Å². The molecule has 0 aliphatic heterocycles. The first-order chi connectivity index (χ1) is 10.6. The molecule has 2 unspecified atom stereocenters. The molecule has 1 amide bonds. The third-order valence-corrected chi connectivity index (χ3v) is 4.12. The molecule has 1 N–H and O–H groups in total. The van der Waals surface area contributed by atoms with E-state index in [4.69, 9.17) is 0 Å². The molecule has 22 heavy (non-hydrogen) atoms. The van der Waals surface area contributed by atoms with Crippen molar-refractivity contribution in [3.8, 4) is 0 Å². The van der Waals surface area contributed by atoms with E-state index in [1.165, 1.54) is 11.1 Å². The Hall–Kier alpha value is -2.42. The minimum atomic E-state index is 0.0147. The standard InChI is InChI=1S/C19H20N2O/c1-13-7-6-10-16(11-13)14(2)20-21-19(22)18-12-17(18)15-8-4-3-5-9-15/h3-11,17-18H,12H2,1-2H3,(H,21,22)/b20-14+. The Morgan fingerprint density at radius 3 is 2.64 bits per heavy atom. The molecule has 0 bridgehead atoms. The van der Waals surface area contributed by atoms with Gasteiger partial charge in [-0.15, -0.1) is 0 Å². The van der Waals surface area contributed by atoms with Gasteiger partial charge in [0, 0.05) is 5.92 Å². The summed E-state index contributed by atoms with van der Waals surface area (Å²) in [6, 6.07) is 18.3. The number of nitrogens with one attached hydrogen (secondary N) is 1. The van der Waals surface area contributed by atoms with Crippen molar-refractivity contribution in [2.75, 3.05) is 0 Å². The highest BCUT2D eigenvalue weighted by atomic mass is 16.2. The predicted molar refractivity (Wildman–Crippen MR) is 88.8 cm³/mol. The minimum absolute atomic E-state index is 0.0147. The number of carbonyl (C=O) groups excluding carboxylic acids is 1. The van der Waals surface area contributed by atoms with Crippen LogP contribution in [0.2, 0.25) is 0 Å². The van der Waals surface area contributed by atoms with E-state index in [1.54, 1.807) is 0 Å². The predicted octanol–water partition coefficient (Wildman–Crippen LogP) is 3.64. The van der Waals surface area contributed by atoms with Gasteiger partial charge >= 0.3 is 0 Å². The molecule has 3 heteroatoms. The van der Waals surface area contributed by atoms with E-state index in [-0.39, 0.29) is 11.8 Å². The number of hydrogen-bond donors (Lipinski definition) is 1. The number of rotatable bonds is 4. The molecule has 0 aromatic heterocycles. The lowest BCUT2D eigenvalue weighted by Gasteiger charge is -2.04. The molecule has 3 rings (SSSR count). The van der Waals surface area contributed by atoms with Crippen molar-refractivity contribution >= 4 is 11.6 Å². The van der Waals surface area contributed by atoms with E-state index in [1.807, 2.05) is 50.2 Å². The second kappa shape index (κ2) is 6.14. The third-order valence-electron chi connectivity index (χ3n) is 4.12. The van der Waals surface area contributed by atoms with Crippen molar-refractivity contribution in [2.24, 2.45) is 11.0 Å². The molecule has 2 aromatic rings. The lowest BCUT2D eigenvalue weighted by atomic mass is 10.1. The SMILES string of the molecule is C/C(=N\NC(=O)C1CC1c1ccccc1)c1cccc(C)c1. The van der Waals surface area contributed by atoms with Crippen molar-refractivity contribution in [2.45, 2.75) is 26.2 Å². The highest BCUT2D eigenvalue weighted by Gasteiger charge is 2.43. The molecule has 1 aliphatic rings. The van der Waals surface area contributed by atoms with Gasteiger partial charge in [0.15, 0.2) is 0 Å². The Kier molecular flexibility index (Phi) is 4.05. The number of hydrazone groups is 1. The quantitative estimate of drug-likeness (QED) is 0.678. The third kappa shape index (κ3) is 3.25. The van der Waals surface area contributed by atoms with Crippen LogP contribution in [0.1, 0.15) is 36.0 Å². The summed E-state index contributed by atoms with van der Waals surface area (Å²) in [5.41, 5.74) is 7.00. The van der Waals surface area contributed by atoms with Gasteiger partial charge in [-0.05, 0) is 37.3 Å². The van der Waals surface area contributed by atoms with E-state index in [0.29, 0.717) is 5.92 Å². The second-order valence-electron chi connectivity index (χ2n) is 5.90. The maximum Gasteiger partial charge on any atom is 0.243 e. The largest absolute Gasteiger partial charge is 0.273 e. The highest BCUT2D eigenvalue weighted by Crippen LogP contribution is 2.47. The molecule has 112 valence electrons. The van der Waals surface area contributed by atoms with Crippen molar-refractivity contribution in [1.29, 1.82) is 0 Å². The summed E-state index contributed by atoms with van der Waals surface area (Å²) in [5, 5.41) is 4.24. The fraction of sp³-hybridized carbons (Fsp3) is 0.263. The Bertz CT molecular complexity index is 706. The summed E-state index contributed by atoms with van der Waals surface area (Å²) in [4.78, 5) is 12.2. The molecule has 0 saturated heterocycles. The van der Waals surface area contributed by atoms with Crippen LogP contribution in [0.25, 0.3) is 0 Å². The van der Waals surface area contributed by atoms with E-state index in [2.05, 4.69) is 28.7 Å². The monoisotopic (exact) mass is 292 g/mol. The van der Waals surface area contributed by atoms with Crippen LogP contribution in [0.15, 0.2) is 59.7 Å². The second-order valence-corrected chi connectivity index (χ2v) is 5.90. The number of benzene rings is 2. The highest BCUT2D eigenvalue weighted by molar-refractivity contribution is 5.99. The summed E-state index contributed by atoms with van der Waals surface area (Å²) in [6.45, 7) is 3.96. The van der Waals surface area contributed by atoms with Crippen LogP contribution in [0.5, 0.6) is 0 Å². The molecule has 3 nitrogen and oxygen atoms in total. The molecule has 1 saturated carbocycles. The van der Waals surface area contributed by atoms with Crippen LogP contribution in [-0.2, 0) is 4.79 Å². The average molecular weight is 292 g/mol. The van der Waals surface area contributed by atoms with Crippen LogP contribution in [-0.4, -0.2) is 11.6 Å². The zero-order valence-corrected chi connectivity index (χ0v) is 12.9. The first-order valence-corrected chi connectivity index (χ1v) is 7.61. The lowest BCUT2D eigenvalue weighted by Crippen LogP contribution is -2.21. The molecule has 1 aliphatic carbocycles. The molecule has 0 radical (unpaired) electrons. The zero-order chi connectivity index (χ0) is 15.5. The average Bonchev–Trinajstić information content (AvgIpc) is 3.34. The van der Waals surface area contributed by atoms with Crippen molar-refractivity contribution in [3.05, 3.63) is 71.3 Å². The van der Waals surface area contributed by atoms with Gasteiger partial charge in [0.1, 0.15) is 0 Å². The topological polar surface area (TPSA) is 41.5 Å². The van der Waals surface area contributed by atoms with Gasteiger partial charge in [0.25, 0.3) is 0 Å². The summed E-state index contributed by atoms with van der Waals surface area (Å²) < 4.78 is 0. The maximum absolute atomic E-state index is 12.2. The Labute approximate surface area is 131 Å². The van der Waals surface area contributed by atoms with Gasteiger partial charge in [-0.2, -0.15) is 5.10 Å². The van der Waals surface area contributed by atoms with E-state index in [0.717, 1.165) is 17.7 Å². The Morgan fingerprint density at radius 2 is 1.91 bits per heavy atom.